The van der Waals surface area contributed by atoms with Crippen LogP contribution in [0.25, 0.3) is 0 Å². The second kappa shape index (κ2) is 5.59. The fourth-order valence-corrected chi connectivity index (χ4v) is 3.09. The molecule has 5 heteroatoms. The number of amides is 1. The molecule has 3 N–H and O–H groups in total. The van der Waals surface area contributed by atoms with Gasteiger partial charge in [0.05, 0.1) is 11.2 Å². The SMILES string of the molecule is CC1CCCC(N)(C(=O)Nc2ccc(F)cc2Br)C1. The monoisotopic (exact) mass is 328 g/mol. The first-order valence-electron chi connectivity index (χ1n) is 6.46. The van der Waals surface area contributed by atoms with Crippen LogP contribution >= 0.6 is 15.9 Å². The summed E-state index contributed by atoms with van der Waals surface area (Å²) in [5, 5.41) is 2.79. The van der Waals surface area contributed by atoms with Gasteiger partial charge in [0.15, 0.2) is 0 Å². The predicted octanol–water partition coefficient (Wildman–Crippen LogP) is 3.43. The van der Waals surface area contributed by atoms with E-state index in [1.165, 1.54) is 18.2 Å². The molecule has 2 atom stereocenters. The standard InChI is InChI=1S/C14H18BrFN2O/c1-9-3-2-6-14(17,8-9)13(19)18-12-5-4-10(16)7-11(12)15/h4-5,7,9H,2-3,6,8,17H2,1H3,(H,18,19). The predicted molar refractivity (Wildman–Crippen MR) is 77.3 cm³/mol. The molecule has 0 saturated heterocycles. The van der Waals surface area contributed by atoms with Gasteiger partial charge >= 0.3 is 0 Å². The Bertz CT molecular complexity index is 494. The summed E-state index contributed by atoms with van der Waals surface area (Å²) in [6, 6.07) is 4.17. The lowest BCUT2D eigenvalue weighted by atomic mass is 9.76. The molecule has 1 aliphatic rings. The number of nitrogens with two attached hydrogens (primary N) is 1. The Labute approximate surface area is 120 Å². The Morgan fingerprint density at radius 2 is 2.32 bits per heavy atom. The molecule has 1 aromatic rings. The third-order valence-corrected chi connectivity index (χ3v) is 4.32. The van der Waals surface area contributed by atoms with Gasteiger partial charge in [-0.1, -0.05) is 19.8 Å². The van der Waals surface area contributed by atoms with Crippen LogP contribution in [-0.2, 0) is 4.79 Å². The van der Waals surface area contributed by atoms with Crippen molar-refractivity contribution >= 4 is 27.5 Å². The topological polar surface area (TPSA) is 55.1 Å². The Kier molecular flexibility index (Phi) is 4.26. The van der Waals surface area contributed by atoms with Gasteiger partial charge in [-0.2, -0.15) is 0 Å². The van der Waals surface area contributed by atoms with Crippen LogP contribution in [-0.4, -0.2) is 11.4 Å². The van der Waals surface area contributed by atoms with Crippen LogP contribution in [0.3, 0.4) is 0 Å². The van der Waals surface area contributed by atoms with Crippen LogP contribution in [0.5, 0.6) is 0 Å². The van der Waals surface area contributed by atoms with Crippen LogP contribution in [0.15, 0.2) is 22.7 Å². The van der Waals surface area contributed by atoms with Crippen molar-refractivity contribution in [3.05, 3.63) is 28.5 Å². The zero-order valence-electron chi connectivity index (χ0n) is 10.9. The molecule has 1 aliphatic carbocycles. The highest BCUT2D eigenvalue weighted by molar-refractivity contribution is 9.10. The van der Waals surface area contributed by atoms with Crippen LogP contribution < -0.4 is 11.1 Å². The minimum atomic E-state index is -0.814. The third kappa shape index (κ3) is 3.34. The van der Waals surface area contributed by atoms with Crippen molar-refractivity contribution in [3.8, 4) is 0 Å². The molecule has 2 rings (SSSR count). The van der Waals surface area contributed by atoms with Crippen molar-refractivity contribution in [1.29, 1.82) is 0 Å². The lowest BCUT2D eigenvalue weighted by Gasteiger charge is -2.35. The average molecular weight is 329 g/mol. The summed E-state index contributed by atoms with van der Waals surface area (Å²) in [7, 11) is 0. The second-order valence-corrected chi connectivity index (χ2v) is 6.29. The molecule has 0 aromatic heterocycles. The molecule has 19 heavy (non-hydrogen) atoms. The molecule has 3 nitrogen and oxygen atoms in total. The van der Waals surface area contributed by atoms with Gasteiger partial charge < -0.3 is 11.1 Å². The van der Waals surface area contributed by atoms with Gasteiger partial charge in [-0.15, -0.1) is 0 Å². The smallest absolute Gasteiger partial charge is 0.244 e. The molecule has 1 fully saturated rings. The number of anilines is 1. The molecular weight excluding hydrogens is 311 g/mol. The summed E-state index contributed by atoms with van der Waals surface area (Å²) < 4.78 is 13.5. The lowest BCUT2D eigenvalue weighted by molar-refractivity contribution is -0.122. The summed E-state index contributed by atoms with van der Waals surface area (Å²) in [5.41, 5.74) is 5.96. The first-order valence-corrected chi connectivity index (χ1v) is 7.25. The van der Waals surface area contributed by atoms with Gasteiger partial charge in [0.1, 0.15) is 5.82 Å². The van der Waals surface area contributed by atoms with E-state index in [9.17, 15) is 9.18 Å². The van der Waals surface area contributed by atoms with E-state index in [4.69, 9.17) is 5.73 Å². The van der Waals surface area contributed by atoms with E-state index in [1.54, 1.807) is 0 Å². The first kappa shape index (κ1) is 14.5. The van der Waals surface area contributed by atoms with Crippen molar-refractivity contribution in [2.75, 3.05) is 5.32 Å². The van der Waals surface area contributed by atoms with Crippen molar-refractivity contribution in [1.82, 2.24) is 0 Å². The van der Waals surface area contributed by atoms with Crippen LogP contribution in [0, 0.1) is 11.7 Å². The number of nitrogens with one attached hydrogen (secondary N) is 1. The molecule has 0 heterocycles. The van der Waals surface area contributed by atoms with E-state index in [1.807, 2.05) is 0 Å². The second-order valence-electron chi connectivity index (χ2n) is 5.44. The van der Waals surface area contributed by atoms with E-state index in [-0.39, 0.29) is 11.7 Å². The van der Waals surface area contributed by atoms with E-state index in [0.29, 0.717) is 28.9 Å². The molecule has 1 aromatic carbocycles. The molecule has 104 valence electrons. The normalized spacial score (nSPS) is 27.1. The Balaban J connectivity index is 2.12. The Morgan fingerprint density at radius 3 is 2.95 bits per heavy atom. The largest absolute Gasteiger partial charge is 0.323 e. The minimum absolute atomic E-state index is 0.189. The summed E-state index contributed by atoms with van der Waals surface area (Å²) in [6.45, 7) is 2.11. The number of carbonyl (C=O) groups excluding carboxylic acids is 1. The van der Waals surface area contributed by atoms with Gasteiger partial charge in [0.2, 0.25) is 5.91 Å². The maximum absolute atomic E-state index is 13.0. The highest BCUT2D eigenvalue weighted by Gasteiger charge is 2.38. The van der Waals surface area contributed by atoms with Gasteiger partial charge in [-0.05, 0) is 52.9 Å². The molecule has 2 unspecified atom stereocenters. The summed E-state index contributed by atoms with van der Waals surface area (Å²) in [5.74, 6) is -0.0776. The van der Waals surface area contributed by atoms with Crippen molar-refractivity contribution < 1.29 is 9.18 Å². The van der Waals surface area contributed by atoms with Crippen molar-refractivity contribution in [2.24, 2.45) is 11.7 Å². The molecule has 1 amide bonds. The zero-order chi connectivity index (χ0) is 14.0. The van der Waals surface area contributed by atoms with Gasteiger partial charge in [-0.3, -0.25) is 4.79 Å². The summed E-state index contributed by atoms with van der Waals surface area (Å²) in [4.78, 5) is 12.3. The molecule has 0 spiro atoms. The van der Waals surface area contributed by atoms with E-state index in [0.717, 1.165) is 12.8 Å². The van der Waals surface area contributed by atoms with Crippen molar-refractivity contribution in [3.63, 3.8) is 0 Å². The first-order chi connectivity index (χ1) is 8.90. The quantitative estimate of drug-likeness (QED) is 0.873. The fraction of sp³-hybridized carbons (Fsp3) is 0.500. The number of hydrogen-bond donors (Lipinski definition) is 2. The molecule has 0 radical (unpaired) electrons. The molecule has 1 saturated carbocycles. The summed E-state index contributed by atoms with van der Waals surface area (Å²) >= 11 is 3.23. The molecule has 0 aliphatic heterocycles. The van der Waals surface area contributed by atoms with E-state index in [2.05, 4.69) is 28.2 Å². The zero-order valence-corrected chi connectivity index (χ0v) is 12.5. The van der Waals surface area contributed by atoms with Gasteiger partial charge in [0, 0.05) is 4.47 Å². The highest BCUT2D eigenvalue weighted by atomic mass is 79.9. The maximum Gasteiger partial charge on any atom is 0.244 e. The lowest BCUT2D eigenvalue weighted by Crippen LogP contribution is -2.53. The van der Waals surface area contributed by atoms with Crippen LogP contribution in [0.4, 0.5) is 10.1 Å². The van der Waals surface area contributed by atoms with Crippen molar-refractivity contribution in [2.45, 2.75) is 38.1 Å². The number of benzene rings is 1. The van der Waals surface area contributed by atoms with E-state index < -0.39 is 5.54 Å². The number of carbonyl (C=O) groups is 1. The third-order valence-electron chi connectivity index (χ3n) is 3.66. The Hall–Kier alpha value is -0.940. The Morgan fingerprint density at radius 1 is 1.58 bits per heavy atom. The molecule has 0 bridgehead atoms. The molecular formula is C14H18BrFN2O. The van der Waals surface area contributed by atoms with Crippen LogP contribution in [0.1, 0.15) is 32.6 Å². The summed E-state index contributed by atoms with van der Waals surface area (Å²) in [6.07, 6.45) is 3.47. The van der Waals surface area contributed by atoms with E-state index >= 15 is 0 Å². The maximum atomic E-state index is 13.0. The average Bonchev–Trinajstić information content (AvgIpc) is 2.32. The number of hydrogen-bond acceptors (Lipinski definition) is 2. The highest BCUT2D eigenvalue weighted by Crippen LogP contribution is 2.32. The number of rotatable bonds is 2. The number of halogens is 2. The fourth-order valence-electron chi connectivity index (χ4n) is 2.64. The van der Waals surface area contributed by atoms with Crippen LogP contribution in [0.2, 0.25) is 0 Å². The van der Waals surface area contributed by atoms with Gasteiger partial charge in [-0.25, -0.2) is 4.39 Å². The van der Waals surface area contributed by atoms with Gasteiger partial charge in [0.25, 0.3) is 0 Å². The minimum Gasteiger partial charge on any atom is -0.323 e.